The first-order valence-electron chi connectivity index (χ1n) is 6.34. The van der Waals surface area contributed by atoms with Crippen LogP contribution in [0.25, 0.3) is 0 Å². The van der Waals surface area contributed by atoms with Crippen LogP contribution < -0.4 is 5.32 Å². The van der Waals surface area contributed by atoms with Crippen molar-refractivity contribution in [2.45, 2.75) is 38.6 Å². The van der Waals surface area contributed by atoms with Gasteiger partial charge >= 0.3 is 0 Å². The summed E-state index contributed by atoms with van der Waals surface area (Å²) in [6, 6.07) is 5.57. The van der Waals surface area contributed by atoms with Crippen molar-refractivity contribution in [3.05, 3.63) is 33.3 Å². The fourth-order valence-electron chi connectivity index (χ4n) is 2.45. The molecule has 1 aromatic rings. The summed E-state index contributed by atoms with van der Waals surface area (Å²) in [6.45, 7) is 2.21. The summed E-state index contributed by atoms with van der Waals surface area (Å²) in [5, 5.41) is 3.71. The quantitative estimate of drug-likeness (QED) is 0.855. The highest BCUT2D eigenvalue weighted by molar-refractivity contribution is 9.10. The van der Waals surface area contributed by atoms with Gasteiger partial charge in [0.1, 0.15) is 0 Å². The second-order valence-corrected chi connectivity index (χ2v) is 6.26. The number of halogens is 2. The second kappa shape index (κ2) is 6.07. The molecule has 0 spiro atoms. The molecule has 0 radical (unpaired) electrons. The fourth-order valence-corrected chi connectivity index (χ4v) is 3.05. The number of amides is 1. The number of hydrogen-bond acceptors (Lipinski definition) is 1. The van der Waals surface area contributed by atoms with Crippen molar-refractivity contribution >= 4 is 33.4 Å². The lowest BCUT2D eigenvalue weighted by Crippen LogP contribution is -2.41. The minimum atomic E-state index is -0.0388. The van der Waals surface area contributed by atoms with E-state index in [1.807, 2.05) is 6.07 Å². The topological polar surface area (TPSA) is 29.1 Å². The highest BCUT2D eigenvalue weighted by Gasteiger charge is 2.23. The Kier molecular flexibility index (Phi) is 4.68. The zero-order valence-electron chi connectivity index (χ0n) is 10.4. The van der Waals surface area contributed by atoms with Gasteiger partial charge in [-0.15, -0.1) is 0 Å². The zero-order chi connectivity index (χ0) is 13.1. The molecule has 0 saturated heterocycles. The predicted octanol–water partition coefficient (Wildman–Crippen LogP) is 4.41. The molecule has 2 atom stereocenters. The summed E-state index contributed by atoms with van der Waals surface area (Å²) >= 11 is 9.32. The summed E-state index contributed by atoms with van der Waals surface area (Å²) in [5.74, 6) is 0.517. The van der Waals surface area contributed by atoms with Crippen LogP contribution in [0.4, 0.5) is 0 Å². The molecular formula is C14H17BrClNO. The number of benzene rings is 1. The summed E-state index contributed by atoms with van der Waals surface area (Å²) in [7, 11) is 0. The highest BCUT2D eigenvalue weighted by Crippen LogP contribution is 2.25. The van der Waals surface area contributed by atoms with E-state index in [-0.39, 0.29) is 11.9 Å². The van der Waals surface area contributed by atoms with Crippen LogP contribution in [0.15, 0.2) is 22.7 Å². The average molecular weight is 331 g/mol. The van der Waals surface area contributed by atoms with E-state index >= 15 is 0 Å². The number of carbonyl (C=O) groups is 1. The molecule has 1 amide bonds. The van der Waals surface area contributed by atoms with Crippen LogP contribution in [0.1, 0.15) is 43.0 Å². The summed E-state index contributed by atoms with van der Waals surface area (Å²) in [4.78, 5) is 12.2. The fraction of sp³-hybridized carbons (Fsp3) is 0.500. The van der Waals surface area contributed by atoms with Gasteiger partial charge in [-0.25, -0.2) is 0 Å². The van der Waals surface area contributed by atoms with E-state index in [9.17, 15) is 4.79 Å². The van der Waals surface area contributed by atoms with Crippen LogP contribution in [0.5, 0.6) is 0 Å². The third-order valence-corrected chi connectivity index (χ3v) is 4.53. The summed E-state index contributed by atoms with van der Waals surface area (Å²) < 4.78 is 0.785. The molecule has 0 aromatic heterocycles. The number of hydrogen-bond donors (Lipinski definition) is 1. The van der Waals surface area contributed by atoms with Crippen LogP contribution in [0.2, 0.25) is 5.02 Å². The number of carbonyl (C=O) groups excluding carboxylic acids is 1. The average Bonchev–Trinajstić information content (AvgIpc) is 2.35. The summed E-state index contributed by atoms with van der Waals surface area (Å²) in [6.07, 6.45) is 4.74. The SMILES string of the molecule is CC1CCCCC1NC(=O)c1cc(Cl)ccc1Br. The molecule has 1 fully saturated rings. The van der Waals surface area contributed by atoms with Crippen molar-refractivity contribution in [2.75, 3.05) is 0 Å². The molecule has 1 saturated carbocycles. The molecule has 0 bridgehead atoms. The van der Waals surface area contributed by atoms with Gasteiger partial charge in [0.05, 0.1) is 5.56 Å². The normalized spacial score (nSPS) is 23.7. The van der Waals surface area contributed by atoms with E-state index in [2.05, 4.69) is 28.2 Å². The van der Waals surface area contributed by atoms with Gasteiger partial charge < -0.3 is 5.32 Å². The Morgan fingerprint density at radius 1 is 1.39 bits per heavy atom. The standard InChI is InChI=1S/C14H17BrClNO/c1-9-4-2-3-5-13(9)17-14(18)11-8-10(16)6-7-12(11)15/h6-9,13H,2-5H2,1H3,(H,17,18). The van der Waals surface area contributed by atoms with E-state index < -0.39 is 0 Å². The van der Waals surface area contributed by atoms with Crippen LogP contribution in [-0.2, 0) is 0 Å². The van der Waals surface area contributed by atoms with E-state index in [4.69, 9.17) is 11.6 Å². The van der Waals surface area contributed by atoms with Crippen molar-refractivity contribution in [3.8, 4) is 0 Å². The maximum absolute atomic E-state index is 12.2. The van der Waals surface area contributed by atoms with Crippen molar-refractivity contribution < 1.29 is 4.79 Å². The predicted molar refractivity (Wildman–Crippen MR) is 78.0 cm³/mol. The van der Waals surface area contributed by atoms with Crippen molar-refractivity contribution in [2.24, 2.45) is 5.92 Å². The molecule has 98 valence electrons. The Labute approximate surface area is 121 Å². The maximum atomic E-state index is 12.2. The van der Waals surface area contributed by atoms with Gasteiger partial charge in [-0.05, 0) is 52.9 Å². The maximum Gasteiger partial charge on any atom is 0.252 e. The number of nitrogens with one attached hydrogen (secondary N) is 1. The van der Waals surface area contributed by atoms with Crippen molar-refractivity contribution in [3.63, 3.8) is 0 Å². The summed E-state index contributed by atoms with van der Waals surface area (Å²) in [5.41, 5.74) is 0.611. The molecule has 2 unspecified atom stereocenters. The van der Waals surface area contributed by atoms with Gasteiger partial charge in [0.15, 0.2) is 0 Å². The van der Waals surface area contributed by atoms with Crippen LogP contribution >= 0.6 is 27.5 Å². The molecule has 1 aliphatic carbocycles. The molecule has 0 heterocycles. The van der Waals surface area contributed by atoms with Gasteiger partial charge in [-0.1, -0.05) is 31.4 Å². The molecular weight excluding hydrogens is 314 g/mol. The van der Waals surface area contributed by atoms with Crippen LogP contribution in [0.3, 0.4) is 0 Å². The monoisotopic (exact) mass is 329 g/mol. The minimum Gasteiger partial charge on any atom is -0.349 e. The highest BCUT2D eigenvalue weighted by atomic mass is 79.9. The first-order valence-corrected chi connectivity index (χ1v) is 7.51. The van der Waals surface area contributed by atoms with E-state index in [1.54, 1.807) is 12.1 Å². The molecule has 1 aliphatic rings. The Morgan fingerprint density at radius 3 is 2.83 bits per heavy atom. The molecule has 18 heavy (non-hydrogen) atoms. The third-order valence-electron chi connectivity index (χ3n) is 3.60. The van der Waals surface area contributed by atoms with Gasteiger partial charge in [0, 0.05) is 15.5 Å². The van der Waals surface area contributed by atoms with E-state index in [0.717, 1.165) is 10.9 Å². The van der Waals surface area contributed by atoms with Crippen molar-refractivity contribution in [1.29, 1.82) is 0 Å². The zero-order valence-corrected chi connectivity index (χ0v) is 12.7. The molecule has 1 aromatic carbocycles. The lowest BCUT2D eigenvalue weighted by Gasteiger charge is -2.29. The van der Waals surface area contributed by atoms with Gasteiger partial charge in [-0.3, -0.25) is 4.79 Å². The van der Waals surface area contributed by atoms with E-state index in [0.29, 0.717) is 16.5 Å². The second-order valence-electron chi connectivity index (χ2n) is 4.97. The molecule has 4 heteroatoms. The van der Waals surface area contributed by atoms with E-state index in [1.165, 1.54) is 19.3 Å². The Hall–Kier alpha value is -0.540. The smallest absolute Gasteiger partial charge is 0.252 e. The Balaban J connectivity index is 2.09. The minimum absolute atomic E-state index is 0.0388. The molecule has 1 N–H and O–H groups in total. The first kappa shape index (κ1) is 13.9. The number of rotatable bonds is 2. The lowest BCUT2D eigenvalue weighted by molar-refractivity contribution is 0.0909. The largest absolute Gasteiger partial charge is 0.349 e. The Morgan fingerprint density at radius 2 is 2.11 bits per heavy atom. The molecule has 2 rings (SSSR count). The molecule has 0 aliphatic heterocycles. The lowest BCUT2D eigenvalue weighted by atomic mass is 9.86. The van der Waals surface area contributed by atoms with Gasteiger partial charge in [0.2, 0.25) is 0 Å². The van der Waals surface area contributed by atoms with Gasteiger partial charge in [-0.2, -0.15) is 0 Å². The van der Waals surface area contributed by atoms with Crippen LogP contribution in [-0.4, -0.2) is 11.9 Å². The van der Waals surface area contributed by atoms with Crippen LogP contribution in [0, 0.1) is 5.92 Å². The van der Waals surface area contributed by atoms with Crippen molar-refractivity contribution in [1.82, 2.24) is 5.32 Å². The third kappa shape index (κ3) is 3.27. The van der Waals surface area contributed by atoms with Gasteiger partial charge in [0.25, 0.3) is 5.91 Å². The Bertz CT molecular complexity index is 449. The first-order chi connectivity index (χ1) is 8.58. The molecule has 2 nitrogen and oxygen atoms in total.